The summed E-state index contributed by atoms with van der Waals surface area (Å²) >= 11 is 0. The molecule has 1 aliphatic rings. The Morgan fingerprint density at radius 1 is 1.35 bits per heavy atom. The van der Waals surface area contributed by atoms with Gasteiger partial charge in [-0.2, -0.15) is 0 Å². The quantitative estimate of drug-likeness (QED) is 0.505. The summed E-state index contributed by atoms with van der Waals surface area (Å²) in [6, 6.07) is 0. The molecule has 0 N–H and O–H groups in total. The van der Waals surface area contributed by atoms with Gasteiger partial charge in [-0.1, -0.05) is 46.4 Å². The van der Waals surface area contributed by atoms with E-state index in [-0.39, 0.29) is 10.8 Å². The lowest BCUT2D eigenvalue weighted by Gasteiger charge is -2.47. The SMILES string of the molecule is C=C=C1N(CC)CC=CC[C@@]1(CC)C(C)(C)C. The van der Waals surface area contributed by atoms with Gasteiger partial charge in [0, 0.05) is 18.5 Å². The fourth-order valence-corrected chi connectivity index (χ4v) is 3.05. The van der Waals surface area contributed by atoms with E-state index in [1.807, 2.05) is 0 Å². The Labute approximate surface area is 107 Å². The molecule has 1 aliphatic heterocycles. The molecule has 96 valence electrons. The molecule has 0 unspecified atom stereocenters. The van der Waals surface area contributed by atoms with Gasteiger partial charge in [0.05, 0.1) is 5.70 Å². The average molecular weight is 233 g/mol. The van der Waals surface area contributed by atoms with Crippen LogP contribution in [0.3, 0.4) is 0 Å². The van der Waals surface area contributed by atoms with Crippen molar-refractivity contribution in [1.29, 1.82) is 0 Å². The third-order valence-corrected chi connectivity index (χ3v) is 4.32. The third kappa shape index (κ3) is 2.35. The molecule has 0 aliphatic carbocycles. The fourth-order valence-electron chi connectivity index (χ4n) is 3.05. The van der Waals surface area contributed by atoms with Gasteiger partial charge in [-0.25, -0.2) is 0 Å². The number of nitrogens with zero attached hydrogens (tertiary/aromatic N) is 1. The summed E-state index contributed by atoms with van der Waals surface area (Å²) in [6.07, 6.45) is 6.85. The third-order valence-electron chi connectivity index (χ3n) is 4.32. The number of likely N-dealkylation sites (N-methyl/N-ethyl adjacent to an activating group) is 1. The molecule has 1 rings (SSSR count). The minimum atomic E-state index is 0.164. The lowest BCUT2D eigenvalue weighted by Crippen LogP contribution is -2.42. The van der Waals surface area contributed by atoms with E-state index in [4.69, 9.17) is 0 Å². The summed E-state index contributed by atoms with van der Waals surface area (Å²) in [6.45, 7) is 17.5. The van der Waals surface area contributed by atoms with Crippen molar-refractivity contribution in [2.75, 3.05) is 13.1 Å². The minimum absolute atomic E-state index is 0.164. The molecule has 0 saturated carbocycles. The van der Waals surface area contributed by atoms with E-state index in [1.165, 1.54) is 5.70 Å². The van der Waals surface area contributed by atoms with Crippen molar-refractivity contribution < 1.29 is 0 Å². The van der Waals surface area contributed by atoms with Gasteiger partial charge in [0.15, 0.2) is 0 Å². The highest BCUT2D eigenvalue weighted by Gasteiger charge is 2.45. The van der Waals surface area contributed by atoms with Crippen LogP contribution in [-0.4, -0.2) is 18.0 Å². The monoisotopic (exact) mass is 233 g/mol. The Morgan fingerprint density at radius 3 is 2.41 bits per heavy atom. The number of allylic oxidation sites excluding steroid dienone is 2. The van der Waals surface area contributed by atoms with Crippen LogP contribution in [0.25, 0.3) is 0 Å². The Hall–Kier alpha value is -0.940. The predicted molar refractivity (Wildman–Crippen MR) is 75.8 cm³/mol. The zero-order valence-electron chi connectivity index (χ0n) is 12.1. The average Bonchev–Trinajstić information content (AvgIpc) is 2.46. The molecular formula is C16H27N. The van der Waals surface area contributed by atoms with E-state index < -0.39 is 0 Å². The maximum Gasteiger partial charge on any atom is 0.0631 e. The van der Waals surface area contributed by atoms with Crippen molar-refractivity contribution in [2.24, 2.45) is 10.8 Å². The Morgan fingerprint density at radius 2 is 2.00 bits per heavy atom. The topological polar surface area (TPSA) is 3.24 Å². The molecule has 0 amide bonds. The first-order chi connectivity index (χ1) is 7.93. The molecule has 1 heteroatoms. The van der Waals surface area contributed by atoms with Gasteiger partial charge < -0.3 is 4.90 Å². The molecule has 0 saturated heterocycles. The van der Waals surface area contributed by atoms with Crippen LogP contribution in [0.2, 0.25) is 0 Å². The number of rotatable bonds is 2. The summed E-state index contributed by atoms with van der Waals surface area (Å²) < 4.78 is 0. The fraction of sp³-hybridized carbons (Fsp3) is 0.688. The first kappa shape index (κ1) is 14.1. The van der Waals surface area contributed by atoms with Crippen LogP contribution in [0.15, 0.2) is 30.2 Å². The van der Waals surface area contributed by atoms with Crippen LogP contribution < -0.4 is 0 Å². The summed E-state index contributed by atoms with van der Waals surface area (Å²) in [4.78, 5) is 2.41. The molecule has 0 spiro atoms. The van der Waals surface area contributed by atoms with Gasteiger partial charge >= 0.3 is 0 Å². The van der Waals surface area contributed by atoms with E-state index in [9.17, 15) is 0 Å². The van der Waals surface area contributed by atoms with Crippen LogP contribution >= 0.6 is 0 Å². The van der Waals surface area contributed by atoms with Crippen LogP contribution in [0, 0.1) is 10.8 Å². The van der Waals surface area contributed by atoms with E-state index in [1.54, 1.807) is 0 Å². The van der Waals surface area contributed by atoms with Gasteiger partial charge in [-0.3, -0.25) is 0 Å². The Balaban J connectivity index is 3.34. The second-order valence-electron chi connectivity index (χ2n) is 5.93. The van der Waals surface area contributed by atoms with Crippen molar-refractivity contribution in [3.8, 4) is 0 Å². The van der Waals surface area contributed by atoms with Crippen LogP contribution in [-0.2, 0) is 0 Å². The van der Waals surface area contributed by atoms with E-state index in [0.29, 0.717) is 0 Å². The number of hydrogen-bond acceptors (Lipinski definition) is 1. The van der Waals surface area contributed by atoms with E-state index in [2.05, 4.69) is 64.0 Å². The van der Waals surface area contributed by atoms with Crippen molar-refractivity contribution in [2.45, 2.75) is 47.5 Å². The van der Waals surface area contributed by atoms with E-state index in [0.717, 1.165) is 25.9 Å². The highest BCUT2D eigenvalue weighted by Crippen LogP contribution is 2.51. The minimum Gasteiger partial charge on any atom is -0.365 e. The van der Waals surface area contributed by atoms with Crippen LogP contribution in [0.5, 0.6) is 0 Å². The summed E-state index contributed by atoms with van der Waals surface area (Å²) in [5, 5.41) is 0. The standard InChI is InChI=1S/C16H27N/c1-7-14-16(8-2,15(4,5)6)12-10-11-13-17(14)9-3/h10-11H,1,8-9,12-13H2,2-6H3/t16-/m1/s1. The van der Waals surface area contributed by atoms with Gasteiger partial charge in [0.2, 0.25) is 0 Å². The molecule has 0 aromatic heterocycles. The Bertz CT molecular complexity index is 339. The molecule has 0 radical (unpaired) electrons. The maximum atomic E-state index is 3.95. The van der Waals surface area contributed by atoms with Gasteiger partial charge in [-0.15, -0.1) is 5.73 Å². The zero-order valence-corrected chi connectivity index (χ0v) is 12.1. The van der Waals surface area contributed by atoms with Crippen molar-refractivity contribution in [3.63, 3.8) is 0 Å². The summed E-state index contributed by atoms with van der Waals surface area (Å²) in [7, 11) is 0. The second kappa shape index (κ2) is 5.14. The molecule has 0 aromatic rings. The first-order valence-corrected chi connectivity index (χ1v) is 6.73. The summed E-state index contributed by atoms with van der Waals surface area (Å²) in [5.74, 6) is 0. The molecular weight excluding hydrogens is 206 g/mol. The van der Waals surface area contributed by atoms with Crippen molar-refractivity contribution >= 4 is 0 Å². The lowest BCUT2D eigenvalue weighted by atomic mass is 9.61. The van der Waals surface area contributed by atoms with Crippen molar-refractivity contribution in [3.05, 3.63) is 30.2 Å². The normalized spacial score (nSPS) is 25.7. The molecule has 1 nitrogen and oxygen atoms in total. The number of hydrogen-bond donors (Lipinski definition) is 0. The molecule has 1 heterocycles. The predicted octanol–water partition coefficient (Wildman–Crippen LogP) is 4.38. The highest BCUT2D eigenvalue weighted by atomic mass is 15.1. The van der Waals surface area contributed by atoms with Gasteiger partial charge in [0.25, 0.3) is 0 Å². The first-order valence-electron chi connectivity index (χ1n) is 6.73. The molecule has 0 bridgehead atoms. The highest BCUT2D eigenvalue weighted by molar-refractivity contribution is 5.21. The van der Waals surface area contributed by atoms with Crippen LogP contribution in [0.4, 0.5) is 0 Å². The van der Waals surface area contributed by atoms with Gasteiger partial charge in [0.1, 0.15) is 0 Å². The smallest absolute Gasteiger partial charge is 0.0631 e. The lowest BCUT2D eigenvalue weighted by molar-refractivity contribution is 0.0924. The van der Waals surface area contributed by atoms with Crippen molar-refractivity contribution in [1.82, 2.24) is 4.90 Å². The Kier molecular flexibility index (Phi) is 4.27. The van der Waals surface area contributed by atoms with Gasteiger partial charge in [-0.05, 0) is 25.2 Å². The summed E-state index contributed by atoms with van der Waals surface area (Å²) in [5.41, 5.74) is 4.94. The van der Waals surface area contributed by atoms with Crippen LogP contribution in [0.1, 0.15) is 47.5 Å². The maximum absolute atomic E-state index is 3.95. The molecule has 0 aromatic carbocycles. The van der Waals surface area contributed by atoms with E-state index >= 15 is 0 Å². The zero-order chi connectivity index (χ0) is 13.1. The second-order valence-corrected chi connectivity index (χ2v) is 5.93. The molecule has 17 heavy (non-hydrogen) atoms. The molecule has 0 fully saturated rings. The molecule has 1 atom stereocenters. The largest absolute Gasteiger partial charge is 0.365 e.